The first kappa shape index (κ1) is 16.4. The number of hydrazone groups is 1. The van der Waals surface area contributed by atoms with E-state index in [-0.39, 0.29) is 17.5 Å². The third kappa shape index (κ3) is 3.69. The predicted octanol–water partition coefficient (Wildman–Crippen LogP) is 3.77. The fourth-order valence-electron chi connectivity index (χ4n) is 2.00. The third-order valence-corrected chi connectivity index (χ3v) is 4.42. The number of thiocarbonyl (C=S) groups is 1. The molecule has 2 aromatic carbocycles. The van der Waals surface area contributed by atoms with Crippen molar-refractivity contribution < 1.29 is 14.3 Å². The summed E-state index contributed by atoms with van der Waals surface area (Å²) < 4.78 is 13.2. The standard InChI is InChI=1S/C17H11FN2O2S2/c18-13-6-4-11(5-7-13)10-19-20-16(22)15(24-17(20)23)9-12-2-1-3-14(21)8-12/h1-10,21H/b15-9+,19-10+. The zero-order valence-corrected chi connectivity index (χ0v) is 13.9. The number of benzene rings is 2. The van der Waals surface area contributed by atoms with Crippen LogP contribution in [0.4, 0.5) is 4.39 Å². The highest BCUT2D eigenvalue weighted by molar-refractivity contribution is 8.26. The van der Waals surface area contributed by atoms with Crippen molar-refractivity contribution in [1.29, 1.82) is 0 Å². The van der Waals surface area contributed by atoms with Gasteiger partial charge in [0.25, 0.3) is 5.91 Å². The lowest BCUT2D eigenvalue weighted by Crippen LogP contribution is -2.22. The Kier molecular flexibility index (Phi) is 4.73. The van der Waals surface area contributed by atoms with Crippen molar-refractivity contribution in [3.05, 3.63) is 70.4 Å². The minimum Gasteiger partial charge on any atom is -0.508 e. The highest BCUT2D eigenvalue weighted by Crippen LogP contribution is 2.33. The summed E-state index contributed by atoms with van der Waals surface area (Å²) in [7, 11) is 0. The van der Waals surface area contributed by atoms with Crippen LogP contribution in [0.5, 0.6) is 5.75 Å². The Bertz CT molecular complexity index is 863. The fourth-order valence-corrected chi connectivity index (χ4v) is 3.17. The molecule has 1 aliphatic rings. The van der Waals surface area contributed by atoms with Crippen molar-refractivity contribution in [3.8, 4) is 5.75 Å². The fraction of sp³-hybridized carbons (Fsp3) is 0. The topological polar surface area (TPSA) is 52.9 Å². The molecular weight excluding hydrogens is 347 g/mol. The molecule has 1 aliphatic heterocycles. The molecule has 0 bridgehead atoms. The summed E-state index contributed by atoms with van der Waals surface area (Å²) in [5, 5.41) is 14.7. The predicted molar refractivity (Wildman–Crippen MR) is 97.1 cm³/mol. The van der Waals surface area contributed by atoms with E-state index in [1.807, 2.05) is 0 Å². The van der Waals surface area contributed by atoms with E-state index in [9.17, 15) is 14.3 Å². The lowest BCUT2D eigenvalue weighted by molar-refractivity contribution is -0.122. The Balaban J connectivity index is 1.80. The van der Waals surface area contributed by atoms with Crippen LogP contribution in [0.3, 0.4) is 0 Å². The van der Waals surface area contributed by atoms with Gasteiger partial charge in [0, 0.05) is 0 Å². The molecule has 0 saturated carbocycles. The van der Waals surface area contributed by atoms with Gasteiger partial charge in [-0.05, 0) is 53.7 Å². The quantitative estimate of drug-likeness (QED) is 0.516. The average molecular weight is 358 g/mol. The maximum atomic E-state index is 12.9. The molecule has 3 rings (SSSR count). The van der Waals surface area contributed by atoms with E-state index in [0.29, 0.717) is 20.4 Å². The molecule has 0 unspecified atom stereocenters. The van der Waals surface area contributed by atoms with Crippen molar-refractivity contribution in [1.82, 2.24) is 5.01 Å². The molecule has 2 aromatic rings. The van der Waals surface area contributed by atoms with Gasteiger partial charge in [-0.2, -0.15) is 10.1 Å². The Morgan fingerprint density at radius 1 is 1.17 bits per heavy atom. The first-order valence-corrected chi connectivity index (χ1v) is 8.12. The van der Waals surface area contributed by atoms with Crippen LogP contribution in [0.25, 0.3) is 6.08 Å². The number of thioether (sulfide) groups is 1. The van der Waals surface area contributed by atoms with Gasteiger partial charge in [0.15, 0.2) is 4.32 Å². The van der Waals surface area contributed by atoms with Crippen LogP contribution in [-0.4, -0.2) is 26.6 Å². The number of aromatic hydroxyl groups is 1. The van der Waals surface area contributed by atoms with E-state index < -0.39 is 0 Å². The van der Waals surface area contributed by atoms with Gasteiger partial charge < -0.3 is 5.11 Å². The SMILES string of the molecule is O=C1/C(=C\c2cccc(O)c2)SC(=S)N1/N=C/c1ccc(F)cc1. The van der Waals surface area contributed by atoms with Gasteiger partial charge in [0.1, 0.15) is 11.6 Å². The van der Waals surface area contributed by atoms with E-state index in [1.165, 1.54) is 18.3 Å². The van der Waals surface area contributed by atoms with Gasteiger partial charge in [-0.1, -0.05) is 36.0 Å². The van der Waals surface area contributed by atoms with Crippen LogP contribution in [-0.2, 0) is 4.79 Å². The number of carbonyl (C=O) groups is 1. The maximum absolute atomic E-state index is 12.9. The van der Waals surface area contributed by atoms with Crippen molar-refractivity contribution in [2.75, 3.05) is 0 Å². The van der Waals surface area contributed by atoms with Crippen LogP contribution in [0.2, 0.25) is 0 Å². The third-order valence-electron chi connectivity index (χ3n) is 3.13. The van der Waals surface area contributed by atoms with Gasteiger partial charge in [0.2, 0.25) is 0 Å². The first-order valence-electron chi connectivity index (χ1n) is 6.89. The second-order valence-electron chi connectivity index (χ2n) is 4.88. The number of amides is 1. The normalized spacial score (nSPS) is 16.5. The van der Waals surface area contributed by atoms with Crippen molar-refractivity contribution in [2.45, 2.75) is 0 Å². The Labute approximate surface area is 147 Å². The number of phenolic OH excluding ortho intramolecular Hbond substituents is 1. The molecule has 1 saturated heterocycles. The summed E-state index contributed by atoms with van der Waals surface area (Å²) in [5.41, 5.74) is 1.35. The molecule has 1 heterocycles. The van der Waals surface area contributed by atoms with E-state index in [4.69, 9.17) is 12.2 Å². The van der Waals surface area contributed by atoms with Crippen LogP contribution in [0.1, 0.15) is 11.1 Å². The van der Waals surface area contributed by atoms with E-state index in [2.05, 4.69) is 5.10 Å². The smallest absolute Gasteiger partial charge is 0.286 e. The van der Waals surface area contributed by atoms with Crippen LogP contribution in [0.15, 0.2) is 58.5 Å². The summed E-state index contributed by atoms with van der Waals surface area (Å²) in [4.78, 5) is 12.8. The summed E-state index contributed by atoms with van der Waals surface area (Å²) in [6.07, 6.45) is 3.09. The molecule has 0 spiro atoms. The molecule has 24 heavy (non-hydrogen) atoms. The lowest BCUT2D eigenvalue weighted by Gasteiger charge is -2.06. The number of hydrogen-bond donors (Lipinski definition) is 1. The van der Waals surface area contributed by atoms with Crippen LogP contribution in [0, 0.1) is 5.82 Å². The van der Waals surface area contributed by atoms with Gasteiger partial charge in [0.05, 0.1) is 11.1 Å². The molecule has 7 heteroatoms. The highest BCUT2D eigenvalue weighted by atomic mass is 32.2. The minimum atomic E-state index is -0.341. The number of halogens is 1. The number of carbonyl (C=O) groups excluding carboxylic acids is 1. The molecule has 0 aromatic heterocycles. The average Bonchev–Trinajstić information content (AvgIpc) is 2.81. The van der Waals surface area contributed by atoms with Gasteiger partial charge >= 0.3 is 0 Å². The molecule has 4 nitrogen and oxygen atoms in total. The van der Waals surface area contributed by atoms with Crippen molar-refractivity contribution in [3.63, 3.8) is 0 Å². The minimum absolute atomic E-state index is 0.119. The molecule has 1 N–H and O–H groups in total. The number of rotatable bonds is 3. The van der Waals surface area contributed by atoms with Crippen LogP contribution < -0.4 is 0 Å². The summed E-state index contributed by atoms with van der Waals surface area (Å²) in [6.45, 7) is 0. The summed E-state index contributed by atoms with van der Waals surface area (Å²) in [5.74, 6) is -0.563. The van der Waals surface area contributed by atoms with E-state index >= 15 is 0 Å². The van der Waals surface area contributed by atoms with Gasteiger partial charge in [-0.25, -0.2) is 4.39 Å². The number of phenols is 1. The first-order chi connectivity index (χ1) is 11.5. The van der Waals surface area contributed by atoms with Crippen LogP contribution >= 0.6 is 24.0 Å². The molecule has 1 fully saturated rings. The Morgan fingerprint density at radius 2 is 1.92 bits per heavy atom. The maximum Gasteiger partial charge on any atom is 0.286 e. The zero-order chi connectivity index (χ0) is 17.1. The van der Waals surface area contributed by atoms with Crippen molar-refractivity contribution >= 4 is 46.5 Å². The molecule has 1 amide bonds. The van der Waals surface area contributed by atoms with E-state index in [0.717, 1.165) is 16.8 Å². The largest absolute Gasteiger partial charge is 0.508 e. The summed E-state index contributed by atoms with van der Waals surface area (Å²) >= 11 is 6.31. The molecule has 0 atom stereocenters. The van der Waals surface area contributed by atoms with Gasteiger partial charge in [-0.15, -0.1) is 0 Å². The van der Waals surface area contributed by atoms with E-state index in [1.54, 1.807) is 42.5 Å². The second kappa shape index (κ2) is 6.94. The Morgan fingerprint density at radius 3 is 2.62 bits per heavy atom. The molecular formula is C17H11FN2O2S2. The summed E-state index contributed by atoms with van der Waals surface area (Å²) in [6, 6.07) is 12.3. The lowest BCUT2D eigenvalue weighted by atomic mass is 10.2. The van der Waals surface area contributed by atoms with Gasteiger partial charge in [-0.3, -0.25) is 4.79 Å². The zero-order valence-electron chi connectivity index (χ0n) is 12.2. The number of nitrogens with zero attached hydrogens (tertiary/aromatic N) is 2. The molecule has 0 radical (unpaired) electrons. The molecule has 0 aliphatic carbocycles. The number of hydrogen-bond acceptors (Lipinski definition) is 5. The van der Waals surface area contributed by atoms with Crippen molar-refractivity contribution in [2.24, 2.45) is 5.10 Å². The monoisotopic (exact) mass is 358 g/mol. The second-order valence-corrected chi connectivity index (χ2v) is 6.56. The highest BCUT2D eigenvalue weighted by Gasteiger charge is 2.32. The Hall–Kier alpha value is -2.51. The molecule has 120 valence electrons.